The van der Waals surface area contributed by atoms with Gasteiger partial charge in [-0.2, -0.15) is 0 Å². The van der Waals surface area contributed by atoms with Gasteiger partial charge in [0.1, 0.15) is 22.9 Å². The molecule has 1 spiro atoms. The van der Waals surface area contributed by atoms with Gasteiger partial charge in [-0.15, -0.1) is 0 Å². The first-order chi connectivity index (χ1) is 18.4. The summed E-state index contributed by atoms with van der Waals surface area (Å²) in [7, 11) is 0. The fourth-order valence-corrected chi connectivity index (χ4v) is 9.54. The zero-order valence-corrected chi connectivity index (χ0v) is 25.2. The van der Waals surface area contributed by atoms with Crippen LogP contribution in [-0.4, -0.2) is 63.0 Å². The number of aliphatic hydroxyl groups is 2. The first-order valence-electron chi connectivity index (χ1n) is 14.8. The third kappa shape index (κ3) is 3.99. The maximum atomic E-state index is 12.3. The minimum Gasteiger partial charge on any atom is -0.462 e. The molecule has 1 saturated heterocycles. The molecule has 0 unspecified atom stereocenters. The summed E-state index contributed by atoms with van der Waals surface area (Å²) in [5.41, 5.74) is -2.89. The Bertz CT molecular complexity index is 1170. The van der Waals surface area contributed by atoms with Crippen LogP contribution in [0.3, 0.4) is 0 Å². The molecule has 3 saturated carbocycles. The van der Waals surface area contributed by atoms with Crippen LogP contribution in [0, 0.1) is 34.5 Å². The average molecular weight is 559 g/mol. The number of fused-ring (bicyclic) bond motifs is 6. The summed E-state index contributed by atoms with van der Waals surface area (Å²) in [4.78, 5) is 36.2. The lowest BCUT2D eigenvalue weighted by atomic mass is 9.45. The Morgan fingerprint density at radius 1 is 1.15 bits per heavy atom. The number of rotatable bonds is 5. The van der Waals surface area contributed by atoms with Crippen LogP contribution in [0.25, 0.3) is 0 Å². The van der Waals surface area contributed by atoms with Gasteiger partial charge in [0.15, 0.2) is 5.78 Å². The van der Waals surface area contributed by atoms with Gasteiger partial charge in [-0.3, -0.25) is 14.4 Å². The molecule has 0 radical (unpaired) electrons. The first kappa shape index (κ1) is 29.5. The van der Waals surface area contributed by atoms with Crippen molar-refractivity contribution in [3.05, 3.63) is 23.8 Å². The molecule has 0 amide bonds. The van der Waals surface area contributed by atoms with Crippen molar-refractivity contribution in [1.29, 1.82) is 0 Å². The highest BCUT2D eigenvalue weighted by molar-refractivity contribution is 6.01. The van der Waals surface area contributed by atoms with Crippen LogP contribution < -0.4 is 0 Å². The van der Waals surface area contributed by atoms with E-state index in [-0.39, 0.29) is 64.9 Å². The maximum absolute atomic E-state index is 12.3. The zero-order chi connectivity index (χ0) is 29.6. The molecule has 0 bridgehead atoms. The standard InChI is InChI=1S/C32H46O8/c1-17-25(16-31(8,37)28(4,5)39-19(3)34)40-32(17)26(36)15-23-27-22(10-12-30(23,32)7)29(6)11-9-21(35)13-20(29)14-24(27)38-18(2)33/h9,11,13,17,22-27,36-37H,10,12,14-16H2,1-8H3/t17-,22+,23+,24-,25-,26+,27+,29+,30+,31-,32-/m1/s1. The second kappa shape index (κ2) is 9.23. The van der Waals surface area contributed by atoms with Crippen LogP contribution >= 0.6 is 0 Å². The number of aliphatic hydroxyl groups excluding tert-OH is 1. The van der Waals surface area contributed by atoms with E-state index in [1.807, 2.05) is 6.08 Å². The fourth-order valence-electron chi connectivity index (χ4n) is 9.54. The lowest BCUT2D eigenvalue weighted by molar-refractivity contribution is -0.344. The van der Waals surface area contributed by atoms with Crippen molar-refractivity contribution in [3.8, 4) is 0 Å². The molecule has 0 aromatic rings. The lowest BCUT2D eigenvalue weighted by Gasteiger charge is -2.66. The summed E-state index contributed by atoms with van der Waals surface area (Å²) in [6.07, 6.45) is 7.03. The number of hydrogen-bond donors (Lipinski definition) is 2. The predicted octanol–water partition coefficient (Wildman–Crippen LogP) is 4.06. The van der Waals surface area contributed by atoms with E-state index in [0.717, 1.165) is 18.4 Å². The van der Waals surface area contributed by atoms with Crippen LogP contribution in [0.15, 0.2) is 23.8 Å². The second-order valence-corrected chi connectivity index (χ2v) is 14.4. The smallest absolute Gasteiger partial charge is 0.303 e. The molecule has 222 valence electrons. The van der Waals surface area contributed by atoms with Gasteiger partial charge in [0.25, 0.3) is 0 Å². The van der Waals surface area contributed by atoms with E-state index in [1.165, 1.54) is 13.8 Å². The van der Waals surface area contributed by atoms with Gasteiger partial charge in [-0.05, 0) is 64.0 Å². The summed E-state index contributed by atoms with van der Waals surface area (Å²) < 4.78 is 18.1. The Morgan fingerprint density at radius 3 is 2.42 bits per heavy atom. The number of allylic oxidation sites excluding steroid dienone is 3. The van der Waals surface area contributed by atoms with Gasteiger partial charge >= 0.3 is 11.9 Å². The van der Waals surface area contributed by atoms with Crippen molar-refractivity contribution >= 4 is 17.7 Å². The summed E-state index contributed by atoms with van der Waals surface area (Å²) in [6.45, 7) is 14.3. The molecule has 0 aromatic heterocycles. The summed E-state index contributed by atoms with van der Waals surface area (Å²) >= 11 is 0. The molecule has 8 heteroatoms. The maximum Gasteiger partial charge on any atom is 0.303 e. The molecule has 40 heavy (non-hydrogen) atoms. The highest BCUT2D eigenvalue weighted by atomic mass is 16.6. The average Bonchev–Trinajstić information content (AvgIpc) is 3.06. The number of carbonyl (C=O) groups is 3. The Morgan fingerprint density at radius 2 is 1.82 bits per heavy atom. The predicted molar refractivity (Wildman–Crippen MR) is 147 cm³/mol. The van der Waals surface area contributed by atoms with Gasteiger partial charge in [0.2, 0.25) is 0 Å². The summed E-state index contributed by atoms with van der Waals surface area (Å²) in [5, 5.41) is 23.1. The highest BCUT2D eigenvalue weighted by Gasteiger charge is 2.76. The third-order valence-electron chi connectivity index (χ3n) is 12.0. The molecule has 5 rings (SSSR count). The van der Waals surface area contributed by atoms with E-state index in [9.17, 15) is 24.6 Å². The molecule has 8 nitrogen and oxygen atoms in total. The molecule has 11 atom stereocenters. The van der Waals surface area contributed by atoms with Crippen LogP contribution in [0.5, 0.6) is 0 Å². The molecule has 4 aliphatic carbocycles. The Labute approximate surface area is 237 Å². The number of esters is 2. The van der Waals surface area contributed by atoms with Crippen LogP contribution in [0.4, 0.5) is 0 Å². The SMILES string of the molecule is CC(=O)O[C@@H]1CC2=CC(=O)C=C[C@]2(C)[C@H]2CC[C@@]3(C)[C@@H](C[C@H](O)[C@@]34O[C@H](C[C@@](C)(O)C(C)(C)OC(C)=O)[C@H]4C)[C@@H]12. The number of hydrogen-bond acceptors (Lipinski definition) is 8. The van der Waals surface area contributed by atoms with Crippen LogP contribution in [-0.2, 0) is 28.6 Å². The van der Waals surface area contributed by atoms with E-state index in [4.69, 9.17) is 14.2 Å². The molecule has 0 aromatic carbocycles. The monoisotopic (exact) mass is 558 g/mol. The van der Waals surface area contributed by atoms with Crippen molar-refractivity contribution in [2.75, 3.05) is 0 Å². The number of ether oxygens (including phenoxy) is 3. The molecule has 1 aliphatic heterocycles. The van der Waals surface area contributed by atoms with E-state index >= 15 is 0 Å². The minimum atomic E-state index is -1.34. The summed E-state index contributed by atoms with van der Waals surface area (Å²) in [5.74, 6) is -0.646. The first-order valence-corrected chi connectivity index (χ1v) is 14.8. The van der Waals surface area contributed by atoms with E-state index in [1.54, 1.807) is 32.9 Å². The van der Waals surface area contributed by atoms with Gasteiger partial charge in [-0.25, -0.2) is 0 Å². The third-order valence-corrected chi connectivity index (χ3v) is 12.0. The van der Waals surface area contributed by atoms with Crippen molar-refractivity contribution in [2.45, 2.75) is 123 Å². The van der Waals surface area contributed by atoms with Gasteiger partial charge < -0.3 is 24.4 Å². The van der Waals surface area contributed by atoms with Gasteiger partial charge in [0, 0.05) is 49.4 Å². The molecule has 2 N–H and O–H groups in total. The zero-order valence-electron chi connectivity index (χ0n) is 25.2. The lowest BCUT2D eigenvalue weighted by Crippen LogP contribution is -2.72. The van der Waals surface area contributed by atoms with E-state index in [2.05, 4.69) is 20.8 Å². The van der Waals surface area contributed by atoms with E-state index in [0.29, 0.717) is 12.8 Å². The topological polar surface area (TPSA) is 119 Å². The quantitative estimate of drug-likeness (QED) is 0.485. The number of carbonyl (C=O) groups excluding carboxylic acids is 3. The largest absolute Gasteiger partial charge is 0.462 e. The van der Waals surface area contributed by atoms with Crippen molar-refractivity contribution in [3.63, 3.8) is 0 Å². The van der Waals surface area contributed by atoms with Crippen LogP contribution in [0.2, 0.25) is 0 Å². The van der Waals surface area contributed by atoms with Crippen molar-refractivity contribution < 1.29 is 38.8 Å². The summed E-state index contributed by atoms with van der Waals surface area (Å²) in [6, 6.07) is 0. The van der Waals surface area contributed by atoms with E-state index < -0.39 is 28.9 Å². The molecular formula is C32H46O8. The number of ketones is 1. The Kier molecular flexibility index (Phi) is 6.80. The Hall–Kier alpha value is -2.03. The molecule has 4 fully saturated rings. The minimum absolute atomic E-state index is 0.0116. The van der Waals surface area contributed by atoms with Crippen molar-refractivity contribution in [1.82, 2.24) is 0 Å². The Balaban J connectivity index is 1.44. The van der Waals surface area contributed by atoms with Crippen LogP contribution in [0.1, 0.15) is 87.5 Å². The van der Waals surface area contributed by atoms with Crippen molar-refractivity contribution in [2.24, 2.45) is 34.5 Å². The van der Waals surface area contributed by atoms with Gasteiger partial charge in [0.05, 0.1) is 12.2 Å². The molecule has 5 aliphatic rings. The highest BCUT2D eigenvalue weighted by Crippen LogP contribution is 2.72. The molecular weight excluding hydrogens is 512 g/mol. The second-order valence-electron chi connectivity index (χ2n) is 14.4. The normalized spacial score (nSPS) is 45.4. The fraction of sp³-hybridized carbons (Fsp3) is 0.781. The van der Waals surface area contributed by atoms with Gasteiger partial charge in [-0.1, -0.05) is 32.4 Å². The molecule has 1 heterocycles.